The van der Waals surface area contributed by atoms with E-state index in [1.165, 1.54) is 4.90 Å². The highest BCUT2D eigenvalue weighted by Gasteiger charge is 2.32. The fraction of sp³-hybridized carbons (Fsp3) is 0.441. The molecule has 0 bridgehead atoms. The second kappa shape index (κ2) is 13.9. The molecular formula is C34H42ClN5O5. The number of aryl methyl sites for hydroxylation is 1. The van der Waals surface area contributed by atoms with Crippen molar-refractivity contribution in [3.8, 4) is 0 Å². The minimum Gasteiger partial charge on any atom is -0.465 e. The number of amides is 2. The normalized spacial score (nSPS) is 12.5. The van der Waals surface area contributed by atoms with Gasteiger partial charge in [-0.2, -0.15) is 4.98 Å². The number of nitrogens with zero attached hydrogens (tertiary/aromatic N) is 5. The van der Waals surface area contributed by atoms with Crippen LogP contribution in [0.1, 0.15) is 99.3 Å². The summed E-state index contributed by atoms with van der Waals surface area (Å²) in [4.78, 5) is 48.4. The summed E-state index contributed by atoms with van der Waals surface area (Å²) in [5.41, 5.74) is 2.06. The highest BCUT2D eigenvalue weighted by Crippen LogP contribution is 2.29. The van der Waals surface area contributed by atoms with Crippen LogP contribution in [0, 0.1) is 6.92 Å². The number of halogens is 1. The maximum atomic E-state index is 14.2. The van der Waals surface area contributed by atoms with Gasteiger partial charge >= 0.3 is 6.09 Å². The van der Waals surface area contributed by atoms with E-state index in [9.17, 15) is 19.5 Å². The van der Waals surface area contributed by atoms with Crippen molar-refractivity contribution < 1.29 is 19.2 Å². The second-order valence-corrected chi connectivity index (χ2v) is 13.1. The largest absolute Gasteiger partial charge is 0.465 e. The van der Waals surface area contributed by atoms with E-state index in [4.69, 9.17) is 21.1 Å². The molecule has 0 spiro atoms. The van der Waals surface area contributed by atoms with Crippen LogP contribution in [0.15, 0.2) is 57.8 Å². The molecule has 4 rings (SSSR count). The van der Waals surface area contributed by atoms with Gasteiger partial charge in [0.1, 0.15) is 16.9 Å². The molecule has 1 N–H and O–H groups in total. The predicted octanol–water partition coefficient (Wildman–Crippen LogP) is 7.28. The molecule has 2 aromatic heterocycles. The summed E-state index contributed by atoms with van der Waals surface area (Å²) in [6, 6.07) is 13.9. The van der Waals surface area contributed by atoms with Crippen LogP contribution in [-0.2, 0) is 6.54 Å². The van der Waals surface area contributed by atoms with Crippen molar-refractivity contribution in [3.63, 3.8) is 0 Å². The topological polar surface area (TPSA) is 122 Å². The summed E-state index contributed by atoms with van der Waals surface area (Å²) in [5, 5.41) is 14.9. The number of carboxylic acid groups (broad SMARTS) is 1. The zero-order chi connectivity index (χ0) is 33.1. The van der Waals surface area contributed by atoms with Gasteiger partial charge in [0, 0.05) is 29.2 Å². The van der Waals surface area contributed by atoms with Crippen LogP contribution in [0.3, 0.4) is 0 Å². The van der Waals surface area contributed by atoms with Gasteiger partial charge in [-0.25, -0.2) is 4.79 Å². The van der Waals surface area contributed by atoms with Crippen LogP contribution < -0.4 is 5.56 Å². The third-order valence-electron chi connectivity index (χ3n) is 7.89. The molecule has 240 valence electrons. The van der Waals surface area contributed by atoms with Crippen LogP contribution >= 0.6 is 11.6 Å². The van der Waals surface area contributed by atoms with Crippen molar-refractivity contribution in [1.82, 2.24) is 24.5 Å². The lowest BCUT2D eigenvalue weighted by molar-refractivity contribution is 0.0628. The van der Waals surface area contributed by atoms with Gasteiger partial charge in [0.15, 0.2) is 0 Å². The third kappa shape index (κ3) is 7.56. The number of rotatable bonds is 11. The van der Waals surface area contributed by atoms with Gasteiger partial charge < -0.3 is 19.4 Å². The Morgan fingerprint density at radius 2 is 1.69 bits per heavy atom. The smallest absolute Gasteiger partial charge is 0.407 e. The fourth-order valence-electron chi connectivity index (χ4n) is 5.47. The van der Waals surface area contributed by atoms with Crippen LogP contribution in [0.4, 0.5) is 4.79 Å². The van der Waals surface area contributed by atoms with Crippen molar-refractivity contribution >= 4 is 34.7 Å². The van der Waals surface area contributed by atoms with Crippen molar-refractivity contribution in [3.05, 3.63) is 92.1 Å². The zero-order valence-electron chi connectivity index (χ0n) is 27.0. The first-order chi connectivity index (χ1) is 21.2. The van der Waals surface area contributed by atoms with Crippen molar-refractivity contribution in [2.45, 2.75) is 85.4 Å². The Morgan fingerprint density at radius 3 is 2.24 bits per heavy atom. The molecular weight excluding hydrogens is 594 g/mol. The molecule has 0 saturated heterocycles. The van der Waals surface area contributed by atoms with E-state index in [1.807, 2.05) is 72.7 Å². The molecule has 2 aromatic carbocycles. The molecule has 1 unspecified atom stereocenters. The fourth-order valence-corrected chi connectivity index (χ4v) is 5.59. The summed E-state index contributed by atoms with van der Waals surface area (Å²) in [6.45, 7) is 13.9. The molecule has 10 nitrogen and oxygen atoms in total. The average Bonchev–Trinajstić information content (AvgIpc) is 3.41. The molecule has 2 heterocycles. The van der Waals surface area contributed by atoms with E-state index >= 15 is 0 Å². The highest BCUT2D eigenvalue weighted by molar-refractivity contribution is 6.30. The van der Waals surface area contributed by atoms with Crippen LogP contribution in [-0.4, -0.2) is 60.2 Å². The maximum Gasteiger partial charge on any atom is 0.407 e. The van der Waals surface area contributed by atoms with Gasteiger partial charge in [-0.3, -0.25) is 14.2 Å². The average molecular weight is 636 g/mol. The molecule has 4 aromatic rings. The predicted molar refractivity (Wildman–Crippen MR) is 175 cm³/mol. The molecule has 0 aliphatic carbocycles. The van der Waals surface area contributed by atoms with Crippen molar-refractivity contribution in [2.75, 3.05) is 13.1 Å². The number of carbonyl (C=O) groups excluding carboxylic acids is 1. The first-order valence-corrected chi connectivity index (χ1v) is 15.6. The van der Waals surface area contributed by atoms with Gasteiger partial charge in [0.2, 0.25) is 0 Å². The number of benzene rings is 2. The van der Waals surface area contributed by atoms with Crippen LogP contribution in [0.5, 0.6) is 0 Å². The number of aromatic nitrogens is 3. The second-order valence-electron chi connectivity index (χ2n) is 12.6. The molecule has 0 radical (unpaired) electrons. The molecule has 1 atom stereocenters. The minimum absolute atomic E-state index is 0.0721. The van der Waals surface area contributed by atoms with Gasteiger partial charge in [0.05, 0.1) is 12.6 Å². The van der Waals surface area contributed by atoms with Gasteiger partial charge in [0.25, 0.3) is 17.2 Å². The lowest BCUT2D eigenvalue weighted by Gasteiger charge is -2.35. The summed E-state index contributed by atoms with van der Waals surface area (Å²) >= 11 is 6.15. The molecule has 11 heteroatoms. The summed E-state index contributed by atoms with van der Waals surface area (Å²) < 4.78 is 7.19. The molecule has 0 aliphatic heterocycles. The molecule has 2 amide bonds. The highest BCUT2D eigenvalue weighted by atomic mass is 35.5. The van der Waals surface area contributed by atoms with Crippen molar-refractivity contribution in [1.29, 1.82) is 0 Å². The summed E-state index contributed by atoms with van der Waals surface area (Å²) in [7, 11) is 0. The monoisotopic (exact) mass is 635 g/mol. The van der Waals surface area contributed by atoms with E-state index in [0.29, 0.717) is 40.3 Å². The van der Waals surface area contributed by atoms with Gasteiger partial charge in [-0.1, -0.05) is 67.4 Å². The maximum absolute atomic E-state index is 14.2. The number of fused-ring (bicyclic) bond motifs is 1. The van der Waals surface area contributed by atoms with Crippen LogP contribution in [0.25, 0.3) is 11.1 Å². The van der Waals surface area contributed by atoms with Crippen molar-refractivity contribution in [2.24, 2.45) is 0 Å². The van der Waals surface area contributed by atoms with E-state index in [2.05, 4.69) is 5.16 Å². The SMILES string of the molecule is CCC(c1nc2onc(C(C)C)c2c(=O)n1Cc1ccc(Cl)cc1)N(CCCN(C(=O)O)C(C)(C)C)C(=O)c1ccc(C)cc1. The molecule has 45 heavy (non-hydrogen) atoms. The zero-order valence-corrected chi connectivity index (χ0v) is 27.8. The van der Waals surface area contributed by atoms with E-state index < -0.39 is 17.7 Å². The first kappa shape index (κ1) is 33.7. The third-order valence-corrected chi connectivity index (χ3v) is 8.15. The summed E-state index contributed by atoms with van der Waals surface area (Å²) in [6.07, 6.45) is -0.217. The standard InChI is InChI=1S/C34H42ClN5O5/c1-8-26(38(31(41)24-14-10-22(4)11-15-24)18-9-19-40(33(43)44)34(5,6)7)29-36-30-27(28(21(2)3)37-45-30)32(42)39(29)20-23-12-16-25(35)17-13-23/h10-17,21,26H,8-9,18-20H2,1-7H3,(H,43,44). The van der Waals surface area contributed by atoms with Gasteiger partial charge in [-0.05, 0) is 76.3 Å². The molecule has 0 saturated carbocycles. The molecule has 0 fully saturated rings. The lowest BCUT2D eigenvalue weighted by Crippen LogP contribution is -2.46. The first-order valence-electron chi connectivity index (χ1n) is 15.3. The number of hydrogen-bond donors (Lipinski definition) is 1. The van der Waals surface area contributed by atoms with E-state index in [-0.39, 0.29) is 42.7 Å². The van der Waals surface area contributed by atoms with Gasteiger partial charge in [-0.15, -0.1) is 0 Å². The Bertz CT molecular complexity index is 1700. The van der Waals surface area contributed by atoms with E-state index in [1.54, 1.807) is 33.7 Å². The minimum atomic E-state index is -1.03. The lowest BCUT2D eigenvalue weighted by atomic mass is 10.0. The molecule has 0 aliphatic rings. The summed E-state index contributed by atoms with van der Waals surface area (Å²) in [5.74, 6) is 0.0484. The Labute approximate surface area is 268 Å². The Morgan fingerprint density at radius 1 is 1.04 bits per heavy atom. The van der Waals surface area contributed by atoms with Crippen LogP contribution in [0.2, 0.25) is 5.02 Å². The number of hydrogen-bond acceptors (Lipinski definition) is 6. The Balaban J connectivity index is 1.86. The quantitative estimate of drug-likeness (QED) is 0.184. The Kier molecular flexibility index (Phi) is 10.4. The Hall–Kier alpha value is -4.18. The number of carbonyl (C=O) groups is 2. The van der Waals surface area contributed by atoms with E-state index in [0.717, 1.165) is 11.1 Å².